The monoisotopic (exact) mass is 1680 g/mol. The molecule has 117 heavy (non-hydrogen) atoms. The van der Waals surface area contributed by atoms with Crippen LogP contribution in [0.3, 0.4) is 0 Å². The Hall–Kier alpha value is -5.09. The van der Waals surface area contributed by atoms with Gasteiger partial charge in [0.1, 0.15) is 25.4 Å². The molecule has 0 aliphatic heterocycles. The van der Waals surface area contributed by atoms with E-state index in [0.29, 0.717) is 19.3 Å². The van der Waals surface area contributed by atoms with Gasteiger partial charge in [0.15, 0.2) is 6.10 Å². The highest BCUT2D eigenvalue weighted by molar-refractivity contribution is 7.47. The first-order valence-corrected chi connectivity index (χ1v) is 49.4. The van der Waals surface area contributed by atoms with E-state index < -0.39 is 91.5 Å². The fraction of sp³-hybridized carbons (Fsp3) is 0.687. The first-order chi connectivity index (χ1) is 57.2. The highest BCUT2D eigenvalue weighted by atomic mass is 31.2. The van der Waals surface area contributed by atoms with E-state index in [1.165, 1.54) is 161 Å². The van der Waals surface area contributed by atoms with Crippen LogP contribution in [0.1, 0.15) is 380 Å². The van der Waals surface area contributed by atoms with Gasteiger partial charge in [-0.2, -0.15) is 0 Å². The third-order valence-corrected chi connectivity index (χ3v) is 21.3. The van der Waals surface area contributed by atoms with Crippen molar-refractivity contribution in [1.29, 1.82) is 0 Å². The molecule has 0 aromatic rings. The molecule has 5 unspecified atom stereocenters. The van der Waals surface area contributed by atoms with E-state index in [4.69, 9.17) is 32.3 Å². The van der Waals surface area contributed by atoms with E-state index in [-0.39, 0.29) is 19.3 Å². The first-order valence-electron chi connectivity index (χ1n) is 46.4. The summed E-state index contributed by atoms with van der Waals surface area (Å²) in [7, 11) is -9.82. The lowest BCUT2D eigenvalue weighted by molar-refractivity contribution is -0.161. The van der Waals surface area contributed by atoms with Crippen LogP contribution in [0.4, 0.5) is 0 Å². The number of carbonyl (C=O) groups excluding carboxylic acids is 3. The zero-order valence-corrected chi connectivity index (χ0v) is 75.6. The number of phosphoric ester groups is 2. The van der Waals surface area contributed by atoms with Gasteiger partial charge in [0.2, 0.25) is 0 Å². The fourth-order valence-corrected chi connectivity index (χ4v) is 14.0. The average molecular weight is 1680 g/mol. The Labute approximate surface area is 713 Å². The first kappa shape index (κ1) is 112. The number of hydrogen-bond acceptors (Lipinski definition) is 14. The van der Waals surface area contributed by atoms with Crippen LogP contribution in [0.15, 0.2) is 170 Å². The predicted octanol–water partition coefficient (Wildman–Crippen LogP) is 28.7. The standard InChI is InChI=1S/C99H168O16P2/c1-4-7-10-13-16-19-22-25-28-31-33-35-37-39-41-43-44-45-46-47-48-50-52-53-55-57-59-62-64-67-70-73-76-79-82-85-97(102)109-88-94(100)89-111-116(105,106)112-90-95(101)91-113-117(107,108)114-93-96(115-99(104)87-84-81-78-75-72-69-66-61-30-27-24-21-18-15-12-9-6-3)92-110-98(103)86-83-80-77-74-71-68-65-63-60-58-56-54-51-49-42-40-38-36-34-32-29-26-23-20-17-14-11-8-5-2/h8-9,11-12,16-21,25-30,33-36,39-42,51,54,66,69,94-96,100-101H,4-7,10,13-15,22-24,31-32,37-38,43-50,52-53,55-65,67-68,70-93H2,1-3H3,(H,105,106)(H,107,108)/b11-8-,12-9-,19-16-,20-17-,21-18-,28-25-,29-26-,30-27-,35-33-,36-34-,41-39-,42-40-,54-51-,69-66-. The summed E-state index contributed by atoms with van der Waals surface area (Å²) in [5.74, 6) is -1.60. The lowest BCUT2D eigenvalue weighted by Crippen LogP contribution is -2.30. The molecule has 0 rings (SSSR count). The lowest BCUT2D eigenvalue weighted by Gasteiger charge is -2.21. The molecule has 0 saturated carbocycles. The van der Waals surface area contributed by atoms with Gasteiger partial charge in [-0.15, -0.1) is 0 Å². The molecule has 0 radical (unpaired) electrons. The van der Waals surface area contributed by atoms with Crippen molar-refractivity contribution in [3.05, 3.63) is 170 Å². The zero-order chi connectivity index (χ0) is 85.1. The molecule has 0 heterocycles. The molecule has 670 valence electrons. The molecule has 16 nitrogen and oxygen atoms in total. The van der Waals surface area contributed by atoms with Crippen LogP contribution in [0.25, 0.3) is 0 Å². The Morgan fingerprint density at radius 3 is 0.718 bits per heavy atom. The van der Waals surface area contributed by atoms with Crippen LogP contribution in [-0.4, -0.2) is 95.9 Å². The Morgan fingerprint density at radius 1 is 0.248 bits per heavy atom. The number of allylic oxidation sites excluding steroid dienone is 28. The summed E-state index contributed by atoms with van der Waals surface area (Å²) >= 11 is 0. The summed E-state index contributed by atoms with van der Waals surface area (Å²) in [4.78, 5) is 58.9. The number of carbonyl (C=O) groups is 3. The quantitative estimate of drug-likeness (QED) is 0.0146. The molecule has 0 saturated heterocycles. The summed E-state index contributed by atoms with van der Waals surface area (Å²) in [6.07, 6.45) is 117. The van der Waals surface area contributed by atoms with Gasteiger partial charge >= 0.3 is 33.6 Å². The van der Waals surface area contributed by atoms with Crippen molar-refractivity contribution in [2.45, 2.75) is 399 Å². The third-order valence-electron chi connectivity index (χ3n) is 19.4. The summed E-state index contributed by atoms with van der Waals surface area (Å²) in [6, 6.07) is 0. The molecule has 0 aromatic carbocycles. The highest BCUT2D eigenvalue weighted by Crippen LogP contribution is 2.45. The number of unbranched alkanes of at least 4 members (excludes halogenated alkanes) is 36. The van der Waals surface area contributed by atoms with Crippen LogP contribution >= 0.6 is 15.6 Å². The maximum Gasteiger partial charge on any atom is 0.472 e. The number of ether oxygens (including phenoxy) is 3. The Bertz CT molecular complexity index is 2810. The molecule has 0 bridgehead atoms. The van der Waals surface area contributed by atoms with E-state index in [1.807, 2.05) is 0 Å². The summed E-state index contributed by atoms with van der Waals surface area (Å²) in [5.41, 5.74) is 0. The molecule has 0 amide bonds. The molecule has 0 aliphatic rings. The second-order valence-corrected chi connectivity index (χ2v) is 33.6. The van der Waals surface area contributed by atoms with Gasteiger partial charge in [-0.3, -0.25) is 32.5 Å². The maximum absolute atomic E-state index is 13.0. The van der Waals surface area contributed by atoms with Crippen molar-refractivity contribution < 1.29 is 75.8 Å². The molecule has 5 atom stereocenters. The van der Waals surface area contributed by atoms with Gasteiger partial charge in [-0.05, 0) is 154 Å². The van der Waals surface area contributed by atoms with Crippen molar-refractivity contribution in [2.75, 3.05) is 39.6 Å². The molecule has 0 spiro atoms. The Kier molecular flexibility index (Phi) is 86.2. The third kappa shape index (κ3) is 91.5. The SMILES string of the molecule is CC/C=C\C/C=C\C/C=C\C/C=C\C/C=C\C/C=C\CCCCCCCCCCCCC(=O)OCC(COP(=O)(O)OCC(O)COP(=O)(O)OCC(O)COC(=O)CCCCCCCCCCCCCCCCCCCCC/C=C\C/C=C\C/C=C\C/C=C\CCCCC)OC(=O)CCCCCC/C=C\C/C=C\C/C=C\C/C=C\CC. The van der Waals surface area contributed by atoms with E-state index in [1.54, 1.807) is 0 Å². The number of aliphatic hydroxyl groups excluding tert-OH is 2. The average Bonchev–Trinajstić information content (AvgIpc) is 0.876. The van der Waals surface area contributed by atoms with E-state index in [2.05, 4.69) is 191 Å². The van der Waals surface area contributed by atoms with E-state index in [0.717, 1.165) is 161 Å². The van der Waals surface area contributed by atoms with Crippen LogP contribution in [0.5, 0.6) is 0 Å². The predicted molar refractivity (Wildman–Crippen MR) is 491 cm³/mol. The molecule has 0 fully saturated rings. The largest absolute Gasteiger partial charge is 0.472 e. The lowest BCUT2D eigenvalue weighted by atomic mass is 10.0. The molecule has 0 aromatic heterocycles. The Morgan fingerprint density at radius 2 is 0.453 bits per heavy atom. The normalized spacial score (nSPS) is 14.6. The van der Waals surface area contributed by atoms with Gasteiger partial charge in [0.25, 0.3) is 0 Å². The van der Waals surface area contributed by atoms with Crippen molar-refractivity contribution in [2.24, 2.45) is 0 Å². The van der Waals surface area contributed by atoms with Gasteiger partial charge in [0.05, 0.1) is 26.4 Å². The van der Waals surface area contributed by atoms with Crippen molar-refractivity contribution >= 4 is 33.6 Å². The zero-order valence-electron chi connectivity index (χ0n) is 73.8. The maximum atomic E-state index is 13.0. The second-order valence-electron chi connectivity index (χ2n) is 30.7. The van der Waals surface area contributed by atoms with Crippen molar-refractivity contribution in [3.63, 3.8) is 0 Å². The molecular weight excluding hydrogens is 1510 g/mol. The minimum atomic E-state index is -4.95. The number of hydrogen-bond donors (Lipinski definition) is 4. The fourth-order valence-electron chi connectivity index (χ4n) is 12.4. The highest BCUT2D eigenvalue weighted by Gasteiger charge is 2.29. The van der Waals surface area contributed by atoms with Gasteiger partial charge in [-0.25, -0.2) is 9.13 Å². The summed E-state index contributed by atoms with van der Waals surface area (Å²) in [5, 5.41) is 20.7. The van der Waals surface area contributed by atoms with Crippen LogP contribution in [-0.2, 0) is 55.8 Å². The van der Waals surface area contributed by atoms with E-state index in [9.17, 15) is 43.5 Å². The van der Waals surface area contributed by atoms with Gasteiger partial charge < -0.3 is 34.2 Å². The molecular formula is C99H168O16P2. The van der Waals surface area contributed by atoms with Crippen LogP contribution in [0.2, 0.25) is 0 Å². The minimum Gasteiger partial charge on any atom is -0.463 e. The number of aliphatic hydroxyl groups is 2. The van der Waals surface area contributed by atoms with Gasteiger partial charge in [0, 0.05) is 19.3 Å². The molecule has 0 aliphatic carbocycles. The molecule has 18 heteroatoms. The number of rotatable bonds is 87. The van der Waals surface area contributed by atoms with Crippen molar-refractivity contribution in [1.82, 2.24) is 0 Å². The number of esters is 3. The second kappa shape index (κ2) is 90.2. The summed E-state index contributed by atoms with van der Waals surface area (Å²) < 4.78 is 61.4. The van der Waals surface area contributed by atoms with Crippen LogP contribution < -0.4 is 0 Å². The van der Waals surface area contributed by atoms with Crippen LogP contribution in [0, 0.1) is 0 Å². The molecule has 4 N–H and O–H groups in total. The number of phosphoric acid groups is 2. The minimum absolute atomic E-state index is 0.0711. The topological polar surface area (TPSA) is 231 Å². The van der Waals surface area contributed by atoms with Gasteiger partial charge in [-0.1, -0.05) is 377 Å². The Balaban J connectivity index is 4.49. The summed E-state index contributed by atoms with van der Waals surface area (Å²) in [6.45, 7) is 2.43. The van der Waals surface area contributed by atoms with Crippen molar-refractivity contribution in [3.8, 4) is 0 Å². The van der Waals surface area contributed by atoms with E-state index >= 15 is 0 Å². The smallest absolute Gasteiger partial charge is 0.463 e.